The van der Waals surface area contributed by atoms with Crippen LogP contribution in [0.5, 0.6) is 0 Å². The van der Waals surface area contributed by atoms with Crippen LogP contribution in [0.3, 0.4) is 0 Å². The highest BCUT2D eigenvalue weighted by Crippen LogP contribution is 2.30. The minimum atomic E-state index is -0.117. The molecule has 0 aliphatic carbocycles. The van der Waals surface area contributed by atoms with E-state index in [0.29, 0.717) is 29.8 Å². The third-order valence-electron chi connectivity index (χ3n) is 4.61. The van der Waals surface area contributed by atoms with E-state index in [4.69, 9.17) is 0 Å². The number of Topliss-reactive ketones (excluding diaryl/α,β-unsaturated/α-hetero) is 1. The highest BCUT2D eigenvalue weighted by atomic mass is 16.1. The summed E-state index contributed by atoms with van der Waals surface area (Å²) < 4.78 is 0. The first-order chi connectivity index (χ1) is 13.6. The smallest absolute Gasteiger partial charge is 0.251 e. The molecule has 0 unspecified atom stereocenters. The van der Waals surface area contributed by atoms with E-state index in [1.54, 1.807) is 18.3 Å². The van der Waals surface area contributed by atoms with Crippen molar-refractivity contribution in [1.82, 2.24) is 10.3 Å². The summed E-state index contributed by atoms with van der Waals surface area (Å²) in [5.41, 5.74) is 3.38. The van der Waals surface area contributed by atoms with Gasteiger partial charge in [-0.1, -0.05) is 38.5 Å². The Bertz CT molecular complexity index is 984. The van der Waals surface area contributed by atoms with Crippen LogP contribution in [0.2, 0.25) is 0 Å². The van der Waals surface area contributed by atoms with Crippen LogP contribution < -0.4 is 10.6 Å². The summed E-state index contributed by atoms with van der Waals surface area (Å²) in [5.74, 6) is -0.112. The lowest BCUT2D eigenvalue weighted by Crippen LogP contribution is -2.24. The van der Waals surface area contributed by atoms with Gasteiger partial charge >= 0.3 is 0 Å². The molecule has 0 radical (unpaired) electrons. The van der Waals surface area contributed by atoms with Crippen molar-refractivity contribution in [2.75, 3.05) is 11.9 Å². The van der Waals surface area contributed by atoms with E-state index in [1.807, 2.05) is 43.3 Å². The largest absolute Gasteiger partial charge is 0.354 e. The highest BCUT2D eigenvalue weighted by Gasteiger charge is 2.16. The fourth-order valence-corrected chi connectivity index (χ4v) is 3.02. The van der Waals surface area contributed by atoms with Crippen molar-refractivity contribution in [3.63, 3.8) is 0 Å². The van der Waals surface area contributed by atoms with Gasteiger partial charge in [-0.25, -0.2) is 0 Å². The number of unbranched alkanes of at least 4 members (excludes halogenated alkanes) is 1. The molecule has 0 spiro atoms. The van der Waals surface area contributed by atoms with Gasteiger partial charge in [-0.3, -0.25) is 14.6 Å². The highest BCUT2D eigenvalue weighted by molar-refractivity contribution is 6.10. The Morgan fingerprint density at radius 1 is 1.04 bits per heavy atom. The average molecular weight is 375 g/mol. The van der Waals surface area contributed by atoms with Gasteiger partial charge in [0.25, 0.3) is 5.91 Å². The molecule has 144 valence electrons. The molecule has 28 heavy (non-hydrogen) atoms. The number of rotatable bonds is 8. The number of aromatic nitrogens is 1. The van der Waals surface area contributed by atoms with Crippen molar-refractivity contribution in [3.8, 4) is 0 Å². The Balaban J connectivity index is 2.07. The number of carbonyl (C=O) groups is 2. The number of ketones is 1. The molecule has 3 aromatic rings. The van der Waals surface area contributed by atoms with Gasteiger partial charge in [0.15, 0.2) is 5.78 Å². The van der Waals surface area contributed by atoms with Crippen LogP contribution in [0, 0.1) is 0 Å². The van der Waals surface area contributed by atoms with E-state index in [-0.39, 0.29) is 11.7 Å². The van der Waals surface area contributed by atoms with Crippen molar-refractivity contribution >= 4 is 34.0 Å². The second kappa shape index (κ2) is 9.13. The maximum absolute atomic E-state index is 12.5. The molecule has 2 N–H and O–H groups in total. The zero-order valence-electron chi connectivity index (χ0n) is 16.3. The lowest BCUT2D eigenvalue weighted by atomic mass is 10.0. The van der Waals surface area contributed by atoms with Crippen LogP contribution in [-0.4, -0.2) is 23.2 Å². The number of anilines is 2. The summed E-state index contributed by atoms with van der Waals surface area (Å²) in [6.45, 7) is 4.56. The summed E-state index contributed by atoms with van der Waals surface area (Å²) in [6, 6.07) is 15.1. The van der Waals surface area contributed by atoms with E-state index >= 15 is 0 Å². The van der Waals surface area contributed by atoms with Gasteiger partial charge in [0, 0.05) is 35.8 Å². The topological polar surface area (TPSA) is 71.1 Å². The zero-order valence-corrected chi connectivity index (χ0v) is 16.3. The summed E-state index contributed by atoms with van der Waals surface area (Å²) in [6.07, 6.45) is 3.96. The fraction of sp³-hybridized carbons (Fsp3) is 0.261. The van der Waals surface area contributed by atoms with Gasteiger partial charge < -0.3 is 10.6 Å². The second-order valence-electron chi connectivity index (χ2n) is 6.66. The predicted octanol–water partition coefficient (Wildman–Crippen LogP) is 5.10. The third kappa shape index (κ3) is 4.36. The summed E-state index contributed by atoms with van der Waals surface area (Å²) in [4.78, 5) is 29.4. The Hall–Kier alpha value is -3.21. The number of fused-ring (bicyclic) bond motifs is 1. The molecule has 1 aromatic heterocycles. The number of benzene rings is 2. The zero-order chi connectivity index (χ0) is 19.9. The molecule has 3 rings (SSSR count). The quantitative estimate of drug-likeness (QED) is 0.424. The first-order valence-corrected chi connectivity index (χ1v) is 9.70. The Morgan fingerprint density at radius 2 is 1.82 bits per heavy atom. The van der Waals surface area contributed by atoms with Crippen LogP contribution in [0.4, 0.5) is 11.4 Å². The molecular weight excluding hydrogens is 350 g/mol. The Labute approximate surface area is 165 Å². The lowest BCUT2D eigenvalue weighted by molar-refractivity contribution is 0.0951. The summed E-state index contributed by atoms with van der Waals surface area (Å²) in [5, 5.41) is 7.05. The predicted molar refractivity (Wildman–Crippen MR) is 113 cm³/mol. The molecule has 0 saturated heterocycles. The van der Waals surface area contributed by atoms with Crippen LogP contribution in [0.15, 0.2) is 54.7 Å². The SMILES string of the molecule is CCCCNC(=O)c1ccc2ncc(C(=O)CC)c(Nc3ccccc3)c2c1. The Kier molecular flexibility index (Phi) is 6.37. The van der Waals surface area contributed by atoms with Gasteiger partial charge in [0.1, 0.15) is 0 Å². The molecule has 1 heterocycles. The molecule has 2 aromatic carbocycles. The summed E-state index contributed by atoms with van der Waals surface area (Å²) in [7, 11) is 0. The van der Waals surface area contributed by atoms with Gasteiger partial charge in [-0.15, -0.1) is 0 Å². The van der Waals surface area contributed by atoms with E-state index < -0.39 is 0 Å². The van der Waals surface area contributed by atoms with Gasteiger partial charge in [-0.05, 0) is 36.8 Å². The number of amides is 1. The molecule has 0 saturated carbocycles. The van der Waals surface area contributed by atoms with Crippen molar-refractivity contribution in [3.05, 3.63) is 65.9 Å². The number of carbonyl (C=O) groups excluding carboxylic acids is 2. The minimum Gasteiger partial charge on any atom is -0.354 e. The van der Waals surface area contributed by atoms with Crippen LogP contribution >= 0.6 is 0 Å². The molecule has 1 amide bonds. The van der Waals surface area contributed by atoms with E-state index in [0.717, 1.165) is 29.4 Å². The first kappa shape index (κ1) is 19.5. The first-order valence-electron chi connectivity index (χ1n) is 9.70. The lowest BCUT2D eigenvalue weighted by Gasteiger charge is -2.15. The maximum Gasteiger partial charge on any atom is 0.251 e. The van der Waals surface area contributed by atoms with E-state index in [9.17, 15) is 9.59 Å². The van der Waals surface area contributed by atoms with E-state index in [1.165, 1.54) is 0 Å². The van der Waals surface area contributed by atoms with Gasteiger partial charge in [0.2, 0.25) is 0 Å². The standard InChI is InChI=1S/C23H25N3O2/c1-3-5-13-24-23(28)16-11-12-20-18(14-16)22(19(15-25-20)21(27)4-2)26-17-9-7-6-8-10-17/h6-12,14-15H,3-5,13H2,1-2H3,(H,24,28)(H,25,26). The van der Waals surface area contributed by atoms with Gasteiger partial charge in [0.05, 0.1) is 16.8 Å². The van der Waals surface area contributed by atoms with Crippen LogP contribution in [-0.2, 0) is 0 Å². The van der Waals surface area contributed by atoms with Crippen molar-refractivity contribution in [1.29, 1.82) is 0 Å². The fourth-order valence-electron chi connectivity index (χ4n) is 3.02. The number of hydrogen-bond donors (Lipinski definition) is 2. The van der Waals surface area contributed by atoms with Gasteiger partial charge in [-0.2, -0.15) is 0 Å². The normalized spacial score (nSPS) is 10.6. The average Bonchev–Trinajstić information content (AvgIpc) is 2.74. The van der Waals surface area contributed by atoms with Crippen molar-refractivity contribution in [2.24, 2.45) is 0 Å². The molecule has 0 bridgehead atoms. The molecule has 0 atom stereocenters. The Morgan fingerprint density at radius 3 is 2.54 bits per heavy atom. The number of hydrogen-bond acceptors (Lipinski definition) is 4. The van der Waals surface area contributed by atoms with Crippen LogP contribution in [0.25, 0.3) is 10.9 Å². The van der Waals surface area contributed by atoms with Crippen LogP contribution in [0.1, 0.15) is 53.8 Å². The number of nitrogens with one attached hydrogen (secondary N) is 2. The monoisotopic (exact) mass is 375 g/mol. The number of pyridine rings is 1. The van der Waals surface area contributed by atoms with Crippen molar-refractivity contribution in [2.45, 2.75) is 33.1 Å². The third-order valence-corrected chi connectivity index (χ3v) is 4.61. The molecule has 0 fully saturated rings. The number of para-hydroxylation sites is 1. The minimum absolute atomic E-state index is 0.00521. The maximum atomic E-state index is 12.5. The molecule has 5 heteroatoms. The second-order valence-corrected chi connectivity index (χ2v) is 6.66. The molecule has 5 nitrogen and oxygen atoms in total. The summed E-state index contributed by atoms with van der Waals surface area (Å²) >= 11 is 0. The molecule has 0 aliphatic rings. The van der Waals surface area contributed by atoms with E-state index in [2.05, 4.69) is 22.5 Å². The van der Waals surface area contributed by atoms with Crippen molar-refractivity contribution < 1.29 is 9.59 Å². The molecule has 0 aliphatic heterocycles. The molecular formula is C23H25N3O2. The number of nitrogens with zero attached hydrogens (tertiary/aromatic N) is 1.